The molecule has 0 atom stereocenters. The van der Waals surface area contributed by atoms with Crippen LogP contribution in [0.5, 0.6) is 0 Å². The average molecular weight is 377 g/mol. The number of pyridine rings is 1. The van der Waals surface area contributed by atoms with Crippen LogP contribution in [0.1, 0.15) is 18.9 Å². The number of nitrogens with zero attached hydrogens (tertiary/aromatic N) is 2. The van der Waals surface area contributed by atoms with E-state index in [1.807, 2.05) is 6.92 Å². The molecule has 1 aliphatic heterocycles. The standard InChI is InChI=1S/C17H19N3O3S2/c1-12-6-7-18-17(10-12)19-25(22,23)14-4-5-16-15(11-14)20(13(2)21)8-3-9-24-16/h4-7,10-11H,3,8-9H2,1-2H3,(H,18,19). The predicted molar refractivity (Wildman–Crippen MR) is 99.6 cm³/mol. The Balaban J connectivity index is 1.98. The fourth-order valence-corrected chi connectivity index (χ4v) is 4.63. The highest BCUT2D eigenvalue weighted by Crippen LogP contribution is 2.36. The van der Waals surface area contributed by atoms with Gasteiger partial charge in [-0.05, 0) is 55.0 Å². The summed E-state index contributed by atoms with van der Waals surface area (Å²) in [5.41, 5.74) is 1.56. The van der Waals surface area contributed by atoms with Crippen molar-refractivity contribution in [3.05, 3.63) is 42.1 Å². The van der Waals surface area contributed by atoms with Crippen LogP contribution in [0.25, 0.3) is 0 Å². The van der Waals surface area contributed by atoms with Gasteiger partial charge in [0.2, 0.25) is 5.91 Å². The van der Waals surface area contributed by atoms with E-state index in [-0.39, 0.29) is 16.6 Å². The lowest BCUT2D eigenvalue weighted by atomic mass is 10.2. The van der Waals surface area contributed by atoms with Gasteiger partial charge in [-0.3, -0.25) is 9.52 Å². The smallest absolute Gasteiger partial charge is 0.263 e. The number of carbonyl (C=O) groups excluding carboxylic acids is 1. The number of benzene rings is 1. The fourth-order valence-electron chi connectivity index (χ4n) is 2.64. The Morgan fingerprint density at radius 3 is 2.80 bits per heavy atom. The van der Waals surface area contributed by atoms with Gasteiger partial charge in [-0.2, -0.15) is 0 Å². The van der Waals surface area contributed by atoms with E-state index in [0.717, 1.165) is 22.6 Å². The molecule has 6 nitrogen and oxygen atoms in total. The lowest BCUT2D eigenvalue weighted by Gasteiger charge is -2.21. The van der Waals surface area contributed by atoms with Crippen molar-refractivity contribution in [2.45, 2.75) is 30.1 Å². The SMILES string of the molecule is CC(=O)N1CCCSc2ccc(S(=O)(=O)Nc3cc(C)ccn3)cc21. The maximum Gasteiger partial charge on any atom is 0.263 e. The van der Waals surface area contributed by atoms with E-state index in [0.29, 0.717) is 12.2 Å². The monoisotopic (exact) mass is 377 g/mol. The molecule has 0 aliphatic carbocycles. The van der Waals surface area contributed by atoms with Crippen LogP contribution in [0, 0.1) is 6.92 Å². The summed E-state index contributed by atoms with van der Waals surface area (Å²) < 4.78 is 27.9. The fraction of sp³-hybridized carbons (Fsp3) is 0.294. The quantitative estimate of drug-likeness (QED) is 0.889. The first kappa shape index (κ1) is 17.8. The summed E-state index contributed by atoms with van der Waals surface area (Å²) >= 11 is 1.63. The number of nitrogens with one attached hydrogen (secondary N) is 1. The number of aromatic nitrogens is 1. The second kappa shape index (κ2) is 7.05. The minimum Gasteiger partial charge on any atom is -0.311 e. The molecular formula is C17H19N3O3S2. The minimum absolute atomic E-state index is 0.0911. The second-order valence-corrected chi connectivity index (χ2v) is 8.65. The van der Waals surface area contributed by atoms with Crippen molar-refractivity contribution in [3.63, 3.8) is 0 Å². The molecule has 2 heterocycles. The van der Waals surface area contributed by atoms with Crippen molar-refractivity contribution >= 4 is 39.2 Å². The largest absolute Gasteiger partial charge is 0.311 e. The van der Waals surface area contributed by atoms with E-state index in [1.54, 1.807) is 53.2 Å². The number of aryl methyl sites for hydroxylation is 1. The first-order valence-electron chi connectivity index (χ1n) is 7.87. The lowest BCUT2D eigenvalue weighted by molar-refractivity contribution is -0.116. The van der Waals surface area contributed by atoms with E-state index < -0.39 is 10.0 Å². The van der Waals surface area contributed by atoms with E-state index in [1.165, 1.54) is 6.92 Å². The summed E-state index contributed by atoms with van der Waals surface area (Å²) in [7, 11) is -3.78. The van der Waals surface area contributed by atoms with Gasteiger partial charge in [0, 0.05) is 24.6 Å². The minimum atomic E-state index is -3.78. The first-order chi connectivity index (χ1) is 11.9. The van der Waals surface area contributed by atoms with Crippen LogP contribution < -0.4 is 9.62 Å². The van der Waals surface area contributed by atoms with Gasteiger partial charge in [0.25, 0.3) is 10.0 Å². The van der Waals surface area contributed by atoms with Crippen molar-refractivity contribution in [3.8, 4) is 0 Å². The highest BCUT2D eigenvalue weighted by atomic mass is 32.2. The number of carbonyl (C=O) groups is 1. The van der Waals surface area contributed by atoms with E-state index in [2.05, 4.69) is 9.71 Å². The number of amides is 1. The lowest BCUT2D eigenvalue weighted by Crippen LogP contribution is -2.29. The molecule has 1 aliphatic rings. The number of hydrogen-bond donors (Lipinski definition) is 1. The summed E-state index contributed by atoms with van der Waals surface area (Å²) in [6.07, 6.45) is 2.42. The highest BCUT2D eigenvalue weighted by Gasteiger charge is 2.23. The Bertz CT molecular complexity index is 913. The molecule has 0 spiro atoms. The number of anilines is 2. The van der Waals surface area contributed by atoms with Crippen molar-refractivity contribution in [1.82, 2.24) is 4.98 Å². The van der Waals surface area contributed by atoms with Gasteiger partial charge < -0.3 is 4.90 Å². The third kappa shape index (κ3) is 3.96. The number of thioether (sulfide) groups is 1. The van der Waals surface area contributed by atoms with Crippen LogP contribution in [-0.2, 0) is 14.8 Å². The van der Waals surface area contributed by atoms with Crippen molar-refractivity contribution < 1.29 is 13.2 Å². The molecule has 8 heteroatoms. The first-order valence-corrected chi connectivity index (χ1v) is 10.3. The maximum absolute atomic E-state index is 12.7. The van der Waals surface area contributed by atoms with Crippen molar-refractivity contribution in [1.29, 1.82) is 0 Å². The van der Waals surface area contributed by atoms with Gasteiger partial charge in [0.1, 0.15) is 5.82 Å². The topological polar surface area (TPSA) is 79.4 Å². The van der Waals surface area contributed by atoms with Crippen molar-refractivity contribution in [2.75, 3.05) is 21.9 Å². The summed E-state index contributed by atoms with van der Waals surface area (Å²) in [5, 5.41) is 0. The van der Waals surface area contributed by atoms with Crippen LogP contribution >= 0.6 is 11.8 Å². The summed E-state index contributed by atoms with van der Waals surface area (Å²) in [6, 6.07) is 8.35. The highest BCUT2D eigenvalue weighted by molar-refractivity contribution is 7.99. The Morgan fingerprint density at radius 2 is 2.08 bits per heavy atom. The zero-order chi connectivity index (χ0) is 18.0. The zero-order valence-electron chi connectivity index (χ0n) is 14.0. The number of rotatable bonds is 3. The molecule has 0 unspecified atom stereocenters. The van der Waals surface area contributed by atoms with Gasteiger partial charge in [-0.25, -0.2) is 13.4 Å². The molecule has 1 aromatic carbocycles. The average Bonchev–Trinajstić information content (AvgIpc) is 2.76. The predicted octanol–water partition coefficient (Wildman–Crippen LogP) is 3.04. The second-order valence-electron chi connectivity index (χ2n) is 5.83. The molecular weight excluding hydrogens is 358 g/mol. The molecule has 25 heavy (non-hydrogen) atoms. The van der Waals surface area contributed by atoms with E-state index >= 15 is 0 Å². The van der Waals surface area contributed by atoms with Crippen LogP contribution in [0.4, 0.5) is 11.5 Å². The summed E-state index contributed by atoms with van der Waals surface area (Å²) in [4.78, 5) is 18.7. The summed E-state index contributed by atoms with van der Waals surface area (Å²) in [6.45, 7) is 3.95. The van der Waals surface area contributed by atoms with Crippen LogP contribution in [0.15, 0.2) is 46.3 Å². The molecule has 2 aromatic rings. The Hall–Kier alpha value is -2.06. The maximum atomic E-state index is 12.7. The molecule has 1 N–H and O–H groups in total. The number of sulfonamides is 1. The zero-order valence-corrected chi connectivity index (χ0v) is 15.7. The van der Waals surface area contributed by atoms with Crippen LogP contribution in [0.3, 0.4) is 0 Å². The van der Waals surface area contributed by atoms with Crippen LogP contribution in [0.2, 0.25) is 0 Å². The van der Waals surface area contributed by atoms with Gasteiger partial charge in [0.15, 0.2) is 0 Å². The Labute approximate surface area is 151 Å². The van der Waals surface area contributed by atoms with E-state index in [9.17, 15) is 13.2 Å². The molecule has 0 saturated heterocycles. The molecule has 0 radical (unpaired) electrons. The third-order valence-corrected chi connectivity index (χ3v) is 6.35. The Morgan fingerprint density at radius 1 is 1.28 bits per heavy atom. The van der Waals surface area contributed by atoms with Crippen molar-refractivity contribution in [2.24, 2.45) is 0 Å². The normalized spacial score (nSPS) is 14.6. The number of hydrogen-bond acceptors (Lipinski definition) is 5. The van der Waals surface area contributed by atoms with Crippen LogP contribution in [-0.4, -0.2) is 31.6 Å². The van der Waals surface area contributed by atoms with Gasteiger partial charge in [-0.1, -0.05) is 0 Å². The third-order valence-electron chi connectivity index (χ3n) is 3.85. The molecule has 132 valence electrons. The number of fused-ring (bicyclic) bond motifs is 1. The molecule has 1 aromatic heterocycles. The molecule has 1 amide bonds. The molecule has 0 fully saturated rings. The van der Waals surface area contributed by atoms with Gasteiger partial charge in [-0.15, -0.1) is 11.8 Å². The molecule has 3 rings (SSSR count). The molecule has 0 saturated carbocycles. The van der Waals surface area contributed by atoms with E-state index in [4.69, 9.17) is 0 Å². The van der Waals surface area contributed by atoms with Gasteiger partial charge in [0.05, 0.1) is 10.6 Å². The van der Waals surface area contributed by atoms with Gasteiger partial charge >= 0.3 is 0 Å². The Kier molecular flexibility index (Phi) is 5.01. The molecule has 0 bridgehead atoms. The summed E-state index contributed by atoms with van der Waals surface area (Å²) in [5.74, 6) is 1.08.